The van der Waals surface area contributed by atoms with E-state index in [9.17, 15) is 9.59 Å². The van der Waals surface area contributed by atoms with E-state index in [0.29, 0.717) is 12.8 Å². The van der Waals surface area contributed by atoms with Crippen LogP contribution in [-0.4, -0.2) is 11.6 Å². The molecule has 0 atom stereocenters. The maximum atomic E-state index is 12.4. The second-order valence-electron chi connectivity index (χ2n) is 7.92. The van der Waals surface area contributed by atoms with Crippen LogP contribution in [0.25, 0.3) is 0 Å². The lowest BCUT2D eigenvalue weighted by Gasteiger charge is -2.26. The minimum absolute atomic E-state index is 0.00311. The molecule has 0 aliphatic rings. The van der Waals surface area contributed by atoms with Gasteiger partial charge in [-0.2, -0.15) is 0 Å². The minimum atomic E-state index is -0.00311. The van der Waals surface area contributed by atoms with Crippen molar-refractivity contribution in [1.29, 1.82) is 0 Å². The van der Waals surface area contributed by atoms with E-state index in [1.165, 1.54) is 18.1 Å². The third kappa shape index (κ3) is 5.11. The van der Waals surface area contributed by atoms with Gasteiger partial charge in [-0.05, 0) is 41.0 Å². The van der Waals surface area contributed by atoms with E-state index in [4.69, 9.17) is 0 Å². The predicted octanol–water partition coefficient (Wildman–Crippen LogP) is 4.83. The zero-order chi connectivity index (χ0) is 16.4. The molecular formula is C19H28O2. The maximum Gasteiger partial charge on any atom is 0.163 e. The van der Waals surface area contributed by atoms with Crippen LogP contribution >= 0.6 is 0 Å². The quantitative estimate of drug-likeness (QED) is 0.743. The van der Waals surface area contributed by atoms with E-state index < -0.39 is 0 Å². The number of carbonyl (C=O) groups excluding carboxylic acids is 2. The molecule has 0 spiro atoms. The molecule has 0 heterocycles. The fraction of sp³-hybridized carbons (Fsp3) is 0.579. The monoisotopic (exact) mass is 288 g/mol. The SMILES string of the molecule is CC(=O)CCC(=O)c1cc(C(C)(C)C)cc(C(C)(C)C)c1. The Kier molecular flexibility index (Phi) is 5.14. The lowest BCUT2D eigenvalue weighted by molar-refractivity contribution is -0.116. The Bertz CT molecular complexity index is 507. The number of Topliss-reactive ketones (excluding diaryl/α,β-unsaturated/α-hetero) is 2. The van der Waals surface area contributed by atoms with E-state index in [-0.39, 0.29) is 22.4 Å². The first kappa shape index (κ1) is 17.6. The van der Waals surface area contributed by atoms with Crippen LogP contribution < -0.4 is 0 Å². The molecule has 2 nitrogen and oxygen atoms in total. The normalized spacial score (nSPS) is 12.3. The highest BCUT2D eigenvalue weighted by atomic mass is 16.1. The van der Waals surface area contributed by atoms with Gasteiger partial charge in [-0.15, -0.1) is 0 Å². The smallest absolute Gasteiger partial charge is 0.163 e. The van der Waals surface area contributed by atoms with E-state index in [2.05, 4.69) is 47.6 Å². The standard InChI is InChI=1S/C19H28O2/c1-13(20)8-9-17(21)14-10-15(18(2,3)4)12-16(11-14)19(5,6)7/h10-12H,8-9H2,1-7H3. The molecule has 0 saturated heterocycles. The van der Waals surface area contributed by atoms with Crippen molar-refractivity contribution < 1.29 is 9.59 Å². The summed E-state index contributed by atoms with van der Waals surface area (Å²) in [6, 6.07) is 6.16. The van der Waals surface area contributed by atoms with Gasteiger partial charge in [-0.25, -0.2) is 0 Å². The van der Waals surface area contributed by atoms with E-state index >= 15 is 0 Å². The highest BCUT2D eigenvalue weighted by Crippen LogP contribution is 2.30. The molecule has 0 amide bonds. The summed E-state index contributed by atoms with van der Waals surface area (Å²) in [4.78, 5) is 23.4. The Hall–Kier alpha value is -1.44. The Morgan fingerprint density at radius 3 is 1.57 bits per heavy atom. The third-order valence-corrected chi connectivity index (χ3v) is 3.69. The molecule has 0 radical (unpaired) electrons. The van der Waals surface area contributed by atoms with Gasteiger partial charge in [0, 0.05) is 18.4 Å². The second kappa shape index (κ2) is 6.13. The number of hydrogen-bond donors (Lipinski definition) is 0. The minimum Gasteiger partial charge on any atom is -0.300 e. The summed E-state index contributed by atoms with van der Waals surface area (Å²) >= 11 is 0. The zero-order valence-corrected chi connectivity index (χ0v) is 14.5. The number of ketones is 2. The van der Waals surface area contributed by atoms with Crippen LogP contribution in [0.3, 0.4) is 0 Å². The maximum absolute atomic E-state index is 12.4. The van der Waals surface area contributed by atoms with Crippen molar-refractivity contribution in [3.63, 3.8) is 0 Å². The van der Waals surface area contributed by atoms with Crippen LogP contribution in [0, 0.1) is 0 Å². The van der Waals surface area contributed by atoms with Crippen molar-refractivity contribution in [3.05, 3.63) is 34.9 Å². The van der Waals surface area contributed by atoms with Crippen LogP contribution in [0.15, 0.2) is 18.2 Å². The number of hydrogen-bond acceptors (Lipinski definition) is 2. The molecule has 0 bridgehead atoms. The summed E-state index contributed by atoms with van der Waals surface area (Å²) in [5, 5.41) is 0. The fourth-order valence-corrected chi connectivity index (χ4v) is 2.09. The molecule has 1 aromatic rings. The molecule has 116 valence electrons. The number of carbonyl (C=O) groups is 2. The highest BCUT2D eigenvalue weighted by Gasteiger charge is 2.22. The molecule has 0 saturated carbocycles. The molecule has 0 aliphatic heterocycles. The van der Waals surface area contributed by atoms with Crippen LogP contribution in [-0.2, 0) is 15.6 Å². The molecule has 0 fully saturated rings. The molecule has 0 aromatic heterocycles. The first-order valence-corrected chi connectivity index (χ1v) is 7.60. The highest BCUT2D eigenvalue weighted by molar-refractivity contribution is 5.98. The van der Waals surface area contributed by atoms with E-state index in [1.54, 1.807) is 0 Å². The number of rotatable bonds is 4. The van der Waals surface area contributed by atoms with Gasteiger partial charge in [-0.3, -0.25) is 4.79 Å². The van der Waals surface area contributed by atoms with Gasteiger partial charge in [0.1, 0.15) is 5.78 Å². The van der Waals surface area contributed by atoms with Gasteiger partial charge in [0.25, 0.3) is 0 Å². The van der Waals surface area contributed by atoms with Gasteiger partial charge in [-0.1, -0.05) is 47.6 Å². The van der Waals surface area contributed by atoms with Crippen LogP contribution in [0.5, 0.6) is 0 Å². The van der Waals surface area contributed by atoms with Crippen LogP contribution in [0.2, 0.25) is 0 Å². The first-order valence-electron chi connectivity index (χ1n) is 7.60. The Labute approximate surface area is 128 Å². The molecule has 2 heteroatoms. The van der Waals surface area contributed by atoms with Gasteiger partial charge >= 0.3 is 0 Å². The summed E-state index contributed by atoms with van der Waals surface area (Å²) in [6.07, 6.45) is 0.621. The van der Waals surface area contributed by atoms with Crippen molar-refractivity contribution in [2.75, 3.05) is 0 Å². The largest absolute Gasteiger partial charge is 0.300 e. The Morgan fingerprint density at radius 2 is 1.24 bits per heavy atom. The topological polar surface area (TPSA) is 34.1 Å². The molecular weight excluding hydrogens is 260 g/mol. The lowest BCUT2D eigenvalue weighted by atomic mass is 9.79. The van der Waals surface area contributed by atoms with Gasteiger partial charge in [0.05, 0.1) is 0 Å². The second-order valence-corrected chi connectivity index (χ2v) is 7.92. The third-order valence-electron chi connectivity index (χ3n) is 3.69. The Balaban J connectivity index is 3.26. The van der Waals surface area contributed by atoms with Crippen LogP contribution in [0.4, 0.5) is 0 Å². The lowest BCUT2D eigenvalue weighted by Crippen LogP contribution is -2.18. The van der Waals surface area contributed by atoms with E-state index in [1.807, 2.05) is 12.1 Å². The van der Waals surface area contributed by atoms with Crippen molar-refractivity contribution >= 4 is 11.6 Å². The van der Waals surface area contributed by atoms with Crippen molar-refractivity contribution in [1.82, 2.24) is 0 Å². The predicted molar refractivity (Wildman–Crippen MR) is 88.1 cm³/mol. The van der Waals surface area contributed by atoms with Gasteiger partial charge < -0.3 is 4.79 Å². The van der Waals surface area contributed by atoms with Crippen molar-refractivity contribution in [2.45, 2.75) is 72.1 Å². The van der Waals surface area contributed by atoms with E-state index in [0.717, 1.165) is 5.56 Å². The molecule has 21 heavy (non-hydrogen) atoms. The first-order chi connectivity index (χ1) is 9.41. The van der Waals surface area contributed by atoms with Crippen molar-refractivity contribution in [3.8, 4) is 0 Å². The van der Waals surface area contributed by atoms with Crippen molar-refractivity contribution in [2.24, 2.45) is 0 Å². The fourth-order valence-electron chi connectivity index (χ4n) is 2.09. The Morgan fingerprint density at radius 1 is 0.810 bits per heavy atom. The molecule has 0 N–H and O–H groups in total. The molecule has 0 aliphatic carbocycles. The summed E-state index contributed by atoms with van der Waals surface area (Å²) in [7, 11) is 0. The molecule has 0 unspecified atom stereocenters. The summed E-state index contributed by atoms with van der Waals surface area (Å²) in [5.74, 6) is 0.119. The zero-order valence-electron chi connectivity index (χ0n) is 14.5. The van der Waals surface area contributed by atoms with Gasteiger partial charge in [0.15, 0.2) is 5.78 Å². The average Bonchev–Trinajstić information content (AvgIpc) is 2.33. The number of benzene rings is 1. The van der Waals surface area contributed by atoms with Gasteiger partial charge in [0.2, 0.25) is 0 Å². The molecule has 1 rings (SSSR count). The average molecular weight is 288 g/mol. The summed E-state index contributed by atoms with van der Waals surface area (Å²) in [5.41, 5.74) is 3.06. The summed E-state index contributed by atoms with van der Waals surface area (Å²) < 4.78 is 0. The van der Waals surface area contributed by atoms with Crippen LogP contribution in [0.1, 0.15) is 82.8 Å². The molecule has 1 aromatic carbocycles. The summed E-state index contributed by atoms with van der Waals surface area (Å²) in [6.45, 7) is 14.4.